The molecule has 33 heavy (non-hydrogen) atoms. The summed E-state index contributed by atoms with van der Waals surface area (Å²) in [6.07, 6.45) is 9.09. The molecule has 2 aliphatic heterocycles. The highest BCUT2D eigenvalue weighted by molar-refractivity contribution is 5.98. The van der Waals surface area contributed by atoms with Gasteiger partial charge in [0.2, 0.25) is 0 Å². The van der Waals surface area contributed by atoms with Gasteiger partial charge in [-0.1, -0.05) is 32.4 Å². The monoisotopic (exact) mass is 452 g/mol. The fourth-order valence-electron chi connectivity index (χ4n) is 7.68. The van der Waals surface area contributed by atoms with Gasteiger partial charge in [-0.25, -0.2) is 5.01 Å². The number of ether oxygens (including phenoxy) is 1. The van der Waals surface area contributed by atoms with Gasteiger partial charge in [0, 0.05) is 42.3 Å². The lowest BCUT2D eigenvalue weighted by atomic mass is 9.60. The third-order valence-electron chi connectivity index (χ3n) is 9.00. The van der Waals surface area contributed by atoms with Gasteiger partial charge in [-0.15, -0.1) is 6.58 Å². The van der Waals surface area contributed by atoms with Crippen LogP contribution in [0.1, 0.15) is 59.3 Å². The van der Waals surface area contributed by atoms with Crippen molar-refractivity contribution in [1.29, 1.82) is 0 Å². The molecule has 0 radical (unpaired) electrons. The van der Waals surface area contributed by atoms with E-state index in [9.17, 15) is 9.90 Å². The van der Waals surface area contributed by atoms with Gasteiger partial charge in [-0.05, 0) is 67.1 Å². The van der Waals surface area contributed by atoms with Crippen molar-refractivity contribution in [1.82, 2.24) is 10.4 Å². The van der Waals surface area contributed by atoms with Crippen LogP contribution in [-0.4, -0.2) is 41.8 Å². The second-order valence-corrected chi connectivity index (χ2v) is 11.2. The van der Waals surface area contributed by atoms with E-state index in [-0.39, 0.29) is 17.9 Å². The highest BCUT2D eigenvalue weighted by atomic mass is 16.5. The quantitative estimate of drug-likeness (QED) is 0.580. The average Bonchev–Trinajstić information content (AvgIpc) is 3.02. The van der Waals surface area contributed by atoms with Gasteiger partial charge in [0.25, 0.3) is 0 Å². The van der Waals surface area contributed by atoms with Crippen molar-refractivity contribution in [3.05, 3.63) is 46.8 Å². The molecule has 0 spiro atoms. The Hall–Kier alpha value is -1.69. The van der Waals surface area contributed by atoms with Crippen LogP contribution in [0.3, 0.4) is 0 Å². The van der Waals surface area contributed by atoms with Crippen LogP contribution in [0.5, 0.6) is 0 Å². The number of rotatable bonds is 6. The molecule has 0 aromatic carbocycles. The zero-order valence-corrected chi connectivity index (χ0v) is 20.6. The number of carbonyl (C=O) groups excluding carboxylic acids is 1. The fraction of sp³-hybridized carbons (Fsp3) is 0.679. The molecule has 5 bridgehead atoms. The predicted octanol–water partition coefficient (Wildman–Crippen LogP) is 4.52. The molecule has 5 rings (SSSR count). The van der Waals surface area contributed by atoms with Gasteiger partial charge in [0.05, 0.1) is 12.9 Å². The maximum absolute atomic E-state index is 13.7. The second-order valence-electron chi connectivity index (χ2n) is 11.2. The molecule has 180 valence electrons. The van der Waals surface area contributed by atoms with E-state index in [1.165, 1.54) is 16.7 Å². The van der Waals surface area contributed by atoms with E-state index in [1.807, 2.05) is 6.08 Å². The molecule has 2 heterocycles. The van der Waals surface area contributed by atoms with Crippen molar-refractivity contribution < 1.29 is 14.6 Å². The molecular weight excluding hydrogens is 412 g/mol. The lowest BCUT2D eigenvalue weighted by Gasteiger charge is -2.47. The molecule has 4 unspecified atom stereocenters. The molecule has 3 aliphatic carbocycles. The Bertz CT molecular complexity index is 929. The van der Waals surface area contributed by atoms with Crippen molar-refractivity contribution in [2.45, 2.75) is 71.6 Å². The van der Waals surface area contributed by atoms with Crippen LogP contribution in [0.25, 0.3) is 0 Å². The van der Waals surface area contributed by atoms with Gasteiger partial charge < -0.3 is 9.84 Å². The van der Waals surface area contributed by atoms with Gasteiger partial charge in [0.15, 0.2) is 5.78 Å². The van der Waals surface area contributed by atoms with Gasteiger partial charge in [-0.3, -0.25) is 10.2 Å². The summed E-state index contributed by atoms with van der Waals surface area (Å²) in [5.74, 6) is 2.97. The number of Topliss-reactive ketones (excluding diaryl/α,β-unsaturated/α-hetero) is 1. The van der Waals surface area contributed by atoms with Crippen LogP contribution >= 0.6 is 0 Å². The summed E-state index contributed by atoms with van der Waals surface area (Å²) < 4.78 is 5.93. The van der Waals surface area contributed by atoms with E-state index in [0.717, 1.165) is 50.0 Å². The minimum absolute atomic E-state index is 0.0241. The van der Waals surface area contributed by atoms with Crippen molar-refractivity contribution in [3.63, 3.8) is 0 Å². The first kappa shape index (κ1) is 23.1. The lowest BCUT2D eigenvalue weighted by molar-refractivity contribution is -0.117. The van der Waals surface area contributed by atoms with Crippen LogP contribution in [0.4, 0.5) is 0 Å². The molecule has 1 fully saturated rings. The molecule has 0 saturated carbocycles. The molecule has 5 aliphatic rings. The number of allylic oxidation sites excluding steroid dienone is 5. The van der Waals surface area contributed by atoms with E-state index in [1.54, 1.807) is 7.11 Å². The summed E-state index contributed by atoms with van der Waals surface area (Å²) in [6.45, 7) is 11.2. The van der Waals surface area contributed by atoms with Crippen molar-refractivity contribution in [2.24, 2.45) is 35.5 Å². The van der Waals surface area contributed by atoms with Gasteiger partial charge >= 0.3 is 0 Å². The highest BCUT2D eigenvalue weighted by Crippen LogP contribution is 2.56. The Morgan fingerprint density at radius 1 is 1.36 bits per heavy atom. The summed E-state index contributed by atoms with van der Waals surface area (Å²) in [7, 11) is 1.80. The lowest BCUT2D eigenvalue weighted by Crippen LogP contribution is -2.53. The predicted molar refractivity (Wildman–Crippen MR) is 130 cm³/mol. The molecule has 7 atom stereocenters. The smallest absolute Gasteiger partial charge is 0.159 e. The van der Waals surface area contributed by atoms with Gasteiger partial charge in [0.1, 0.15) is 6.23 Å². The van der Waals surface area contributed by atoms with Crippen molar-refractivity contribution in [3.8, 4) is 0 Å². The van der Waals surface area contributed by atoms with E-state index in [4.69, 9.17) is 4.74 Å². The fourth-order valence-corrected chi connectivity index (χ4v) is 7.68. The normalized spacial score (nSPS) is 38.0. The number of carbonyl (C=O) groups is 1. The molecule has 0 aromatic heterocycles. The second kappa shape index (κ2) is 8.83. The van der Waals surface area contributed by atoms with Crippen LogP contribution in [0.2, 0.25) is 0 Å². The van der Waals surface area contributed by atoms with E-state index in [2.05, 4.69) is 43.9 Å². The molecule has 0 aromatic rings. The van der Waals surface area contributed by atoms with Crippen LogP contribution in [0, 0.1) is 35.5 Å². The highest BCUT2D eigenvalue weighted by Gasteiger charge is 2.54. The maximum Gasteiger partial charge on any atom is 0.159 e. The third kappa shape index (κ3) is 3.59. The van der Waals surface area contributed by atoms with Crippen LogP contribution in [0.15, 0.2) is 46.8 Å². The average molecular weight is 453 g/mol. The Balaban J connectivity index is 1.72. The topological polar surface area (TPSA) is 61.8 Å². The summed E-state index contributed by atoms with van der Waals surface area (Å²) in [5, 5.41) is 13.4. The first-order valence-corrected chi connectivity index (χ1v) is 12.9. The summed E-state index contributed by atoms with van der Waals surface area (Å²) in [6, 6.07) is 0.125. The Labute approximate surface area is 198 Å². The summed E-state index contributed by atoms with van der Waals surface area (Å²) in [5.41, 5.74) is 8.96. The maximum atomic E-state index is 13.7. The first-order valence-electron chi connectivity index (χ1n) is 12.9. The van der Waals surface area contributed by atoms with Gasteiger partial charge in [-0.2, -0.15) is 0 Å². The largest absolute Gasteiger partial charge is 0.501 e. The van der Waals surface area contributed by atoms with Crippen LogP contribution in [-0.2, 0) is 9.53 Å². The van der Waals surface area contributed by atoms with Crippen molar-refractivity contribution in [2.75, 3.05) is 13.7 Å². The number of hydrogen-bond donors (Lipinski definition) is 2. The Morgan fingerprint density at radius 2 is 2.15 bits per heavy atom. The molecule has 1 saturated heterocycles. The van der Waals surface area contributed by atoms with Crippen molar-refractivity contribution >= 4 is 5.78 Å². The SMILES string of the molecule is C=CC[C@H]1CNN2C3CC4=C5CC=C(OC)[C@@H]1C5CCC4=C(C(=O)CC(C)C)C3C(C)[C@@H]2O. The number of nitrogens with one attached hydrogen (secondary N) is 1. The first-order chi connectivity index (χ1) is 15.9. The van der Waals surface area contributed by atoms with E-state index in [0.29, 0.717) is 35.9 Å². The summed E-state index contributed by atoms with van der Waals surface area (Å²) >= 11 is 0. The minimum atomic E-state index is -0.593. The standard InChI is InChI=1S/C28H40N2O3/c1-6-7-17-14-29-30-22-13-21-18-10-11-24(33-5)26(17)19(18)8-9-20(21)27(23(31)12-15(2)3)25(22)16(4)28(30)32/h6,11,15-17,19,22,25-26,28-29,32H,1,7-10,12-14H2,2-5H3/t16?,17-,19?,22?,25?,26-,28-/m0/s1. The van der Waals surface area contributed by atoms with E-state index >= 15 is 0 Å². The zero-order valence-electron chi connectivity index (χ0n) is 20.6. The molecule has 5 heteroatoms. The number of ketones is 1. The minimum Gasteiger partial charge on any atom is -0.501 e. The Kier molecular flexibility index (Phi) is 6.17. The number of aliphatic hydroxyl groups excluding tert-OH is 1. The molecule has 2 N–H and O–H groups in total. The number of nitrogens with zero attached hydrogens (tertiary/aromatic N) is 1. The Morgan fingerprint density at radius 3 is 2.85 bits per heavy atom. The molecule has 0 amide bonds. The number of methoxy groups -OCH3 is 1. The zero-order chi connectivity index (χ0) is 23.4. The molecule has 5 nitrogen and oxygen atoms in total. The third-order valence-corrected chi connectivity index (χ3v) is 9.00. The number of hydrogen-bond acceptors (Lipinski definition) is 5. The summed E-state index contributed by atoms with van der Waals surface area (Å²) in [4.78, 5) is 13.7. The van der Waals surface area contributed by atoms with E-state index < -0.39 is 6.23 Å². The van der Waals surface area contributed by atoms with Crippen LogP contribution < -0.4 is 5.43 Å². The number of aliphatic hydroxyl groups is 1. The molecular formula is C28H40N2O3. The number of hydrazine groups is 1.